The first-order valence-electron chi connectivity index (χ1n) is 4.91. The number of hydrogen-bond acceptors (Lipinski definition) is 3. The number of pyridine rings is 1. The third-order valence-corrected chi connectivity index (χ3v) is 2.66. The van der Waals surface area contributed by atoms with Gasteiger partial charge in [-0.1, -0.05) is 0 Å². The second kappa shape index (κ2) is 4.25. The molecule has 0 amide bonds. The van der Waals surface area contributed by atoms with Crippen LogP contribution in [0.25, 0.3) is 5.52 Å². The second-order valence-corrected chi connectivity index (χ2v) is 4.42. The van der Waals surface area contributed by atoms with E-state index in [9.17, 15) is 4.79 Å². The zero-order chi connectivity index (χ0) is 11.7. The number of carbonyl (C=O) groups is 1. The number of imidazole rings is 1. The fraction of sp³-hybridized carbons (Fsp3) is 0.273. The van der Waals surface area contributed by atoms with Crippen LogP contribution < -0.4 is 0 Å². The molecule has 2 aromatic rings. The van der Waals surface area contributed by atoms with Crippen molar-refractivity contribution in [2.75, 3.05) is 0 Å². The fourth-order valence-corrected chi connectivity index (χ4v) is 1.96. The molecule has 0 aliphatic carbocycles. The average molecular weight is 283 g/mol. The van der Waals surface area contributed by atoms with Crippen LogP contribution in [0.2, 0.25) is 0 Å². The van der Waals surface area contributed by atoms with Crippen molar-refractivity contribution in [3.05, 3.63) is 34.8 Å². The van der Waals surface area contributed by atoms with Crippen molar-refractivity contribution >= 4 is 27.4 Å². The monoisotopic (exact) mass is 282 g/mol. The first-order chi connectivity index (χ1) is 7.59. The molecule has 2 rings (SSSR count). The van der Waals surface area contributed by atoms with Gasteiger partial charge in [-0.15, -0.1) is 0 Å². The summed E-state index contributed by atoms with van der Waals surface area (Å²) >= 11 is 3.31. The molecule has 4 nitrogen and oxygen atoms in total. The molecule has 0 aromatic carbocycles. The van der Waals surface area contributed by atoms with Crippen LogP contribution in [-0.2, 0) is 4.74 Å². The Bertz CT molecular complexity index is 534. The molecule has 0 saturated carbocycles. The lowest BCUT2D eigenvalue weighted by Gasteiger charge is -2.08. The number of rotatable bonds is 2. The summed E-state index contributed by atoms with van der Waals surface area (Å²) in [7, 11) is 0. The predicted octanol–water partition coefficient (Wildman–Crippen LogP) is 2.66. The highest BCUT2D eigenvalue weighted by molar-refractivity contribution is 9.10. The summed E-state index contributed by atoms with van der Waals surface area (Å²) in [6, 6.07) is 3.52. The largest absolute Gasteiger partial charge is 0.459 e. The number of hydrogen-bond donors (Lipinski definition) is 0. The number of aromatic nitrogens is 2. The van der Waals surface area contributed by atoms with Gasteiger partial charge in [0.15, 0.2) is 0 Å². The third-order valence-electron chi connectivity index (χ3n) is 2.08. The van der Waals surface area contributed by atoms with Crippen LogP contribution in [-0.4, -0.2) is 21.5 Å². The van der Waals surface area contributed by atoms with Gasteiger partial charge in [-0.25, -0.2) is 9.78 Å². The number of esters is 1. The third kappa shape index (κ3) is 1.95. The minimum atomic E-state index is -0.332. The molecule has 0 N–H and O–H groups in total. The van der Waals surface area contributed by atoms with Crippen LogP contribution >= 0.6 is 15.9 Å². The highest BCUT2D eigenvalue weighted by atomic mass is 79.9. The van der Waals surface area contributed by atoms with Crippen molar-refractivity contribution in [3.8, 4) is 0 Å². The van der Waals surface area contributed by atoms with Crippen molar-refractivity contribution in [1.29, 1.82) is 0 Å². The molecule has 0 atom stereocenters. The predicted molar refractivity (Wildman–Crippen MR) is 63.4 cm³/mol. The van der Waals surface area contributed by atoms with E-state index in [1.54, 1.807) is 22.9 Å². The molecule has 0 unspecified atom stereocenters. The maximum Gasteiger partial charge on any atom is 0.340 e. The average Bonchev–Trinajstić information content (AvgIpc) is 2.59. The summed E-state index contributed by atoms with van der Waals surface area (Å²) in [4.78, 5) is 15.9. The summed E-state index contributed by atoms with van der Waals surface area (Å²) in [6.07, 6.45) is 3.35. The number of nitrogens with zero attached hydrogens (tertiary/aromatic N) is 2. The summed E-state index contributed by atoms with van der Waals surface area (Å²) in [5, 5.41) is 0. The highest BCUT2D eigenvalue weighted by Gasteiger charge is 2.15. The molecular weight excluding hydrogens is 272 g/mol. The Labute approximate surface area is 101 Å². The molecule has 0 aliphatic heterocycles. The molecule has 2 aromatic heterocycles. The van der Waals surface area contributed by atoms with Gasteiger partial charge in [0.2, 0.25) is 0 Å². The minimum Gasteiger partial charge on any atom is -0.459 e. The Hall–Kier alpha value is -1.36. The number of fused-ring (bicyclic) bond motifs is 1. The van der Waals surface area contributed by atoms with Gasteiger partial charge in [0.05, 0.1) is 17.2 Å². The van der Waals surface area contributed by atoms with Crippen molar-refractivity contribution in [3.63, 3.8) is 0 Å². The van der Waals surface area contributed by atoms with Crippen molar-refractivity contribution in [2.24, 2.45) is 0 Å². The summed E-state index contributed by atoms with van der Waals surface area (Å²) in [6.45, 7) is 3.65. The molecule has 0 bridgehead atoms. The van der Waals surface area contributed by atoms with E-state index < -0.39 is 0 Å². The quantitative estimate of drug-likeness (QED) is 0.796. The van der Waals surface area contributed by atoms with Crippen molar-refractivity contribution in [2.45, 2.75) is 20.0 Å². The second-order valence-electron chi connectivity index (χ2n) is 3.67. The Morgan fingerprint density at radius 1 is 1.56 bits per heavy atom. The topological polar surface area (TPSA) is 43.6 Å². The van der Waals surface area contributed by atoms with Crippen molar-refractivity contribution in [1.82, 2.24) is 9.38 Å². The van der Waals surface area contributed by atoms with E-state index in [-0.39, 0.29) is 12.1 Å². The van der Waals surface area contributed by atoms with Crippen LogP contribution in [0, 0.1) is 0 Å². The number of halogens is 1. The Kier molecular flexibility index (Phi) is 2.96. The van der Waals surface area contributed by atoms with Gasteiger partial charge >= 0.3 is 5.97 Å². The Morgan fingerprint density at radius 2 is 2.31 bits per heavy atom. The molecule has 0 saturated heterocycles. The summed E-state index contributed by atoms with van der Waals surface area (Å²) in [5.74, 6) is -0.332. The molecule has 2 heterocycles. The van der Waals surface area contributed by atoms with Crippen LogP contribution in [0.4, 0.5) is 0 Å². The molecule has 0 spiro atoms. The van der Waals surface area contributed by atoms with E-state index in [2.05, 4.69) is 20.9 Å². The van der Waals surface area contributed by atoms with E-state index in [0.717, 1.165) is 5.52 Å². The summed E-state index contributed by atoms with van der Waals surface area (Å²) in [5.41, 5.74) is 1.24. The summed E-state index contributed by atoms with van der Waals surface area (Å²) < 4.78 is 7.59. The smallest absolute Gasteiger partial charge is 0.340 e. The Balaban J connectivity index is 2.51. The van der Waals surface area contributed by atoms with E-state index >= 15 is 0 Å². The van der Waals surface area contributed by atoms with Gasteiger partial charge in [0.25, 0.3) is 0 Å². The standard InChI is InChI=1S/C11H11BrN2O2/c1-7(2)16-11(15)8-4-3-5-14-6-13-10(12)9(8)14/h3-7H,1-2H3. The van der Waals surface area contributed by atoms with Crippen LogP contribution in [0.3, 0.4) is 0 Å². The van der Waals surface area contributed by atoms with Crippen LogP contribution in [0.1, 0.15) is 24.2 Å². The molecule has 0 fully saturated rings. The maximum absolute atomic E-state index is 11.8. The van der Waals surface area contributed by atoms with Gasteiger partial charge < -0.3 is 9.14 Å². The lowest BCUT2D eigenvalue weighted by molar-refractivity contribution is 0.0380. The lowest BCUT2D eigenvalue weighted by Crippen LogP contribution is -2.12. The SMILES string of the molecule is CC(C)OC(=O)c1cccn2cnc(Br)c12. The fourth-order valence-electron chi connectivity index (χ4n) is 1.45. The molecule has 84 valence electrons. The van der Waals surface area contributed by atoms with Gasteiger partial charge in [-0.3, -0.25) is 0 Å². The van der Waals surface area contributed by atoms with Gasteiger partial charge in [-0.05, 0) is 41.9 Å². The molecular formula is C11H11BrN2O2. The lowest BCUT2D eigenvalue weighted by atomic mass is 10.2. The number of ether oxygens (including phenoxy) is 1. The zero-order valence-electron chi connectivity index (χ0n) is 8.98. The van der Waals surface area contributed by atoms with Crippen LogP contribution in [0.5, 0.6) is 0 Å². The Morgan fingerprint density at radius 3 is 3.00 bits per heavy atom. The normalized spacial score (nSPS) is 11.0. The van der Waals surface area contributed by atoms with Gasteiger partial charge in [-0.2, -0.15) is 0 Å². The molecule has 0 aliphatic rings. The van der Waals surface area contributed by atoms with Gasteiger partial charge in [0.1, 0.15) is 10.9 Å². The first-order valence-corrected chi connectivity index (χ1v) is 5.71. The minimum absolute atomic E-state index is 0.130. The van der Waals surface area contributed by atoms with E-state index in [4.69, 9.17) is 4.74 Å². The van der Waals surface area contributed by atoms with E-state index in [0.29, 0.717) is 10.2 Å². The molecule has 5 heteroatoms. The van der Waals surface area contributed by atoms with Gasteiger partial charge in [0, 0.05) is 6.20 Å². The van der Waals surface area contributed by atoms with Crippen molar-refractivity contribution < 1.29 is 9.53 Å². The van der Waals surface area contributed by atoms with E-state index in [1.165, 1.54) is 0 Å². The van der Waals surface area contributed by atoms with E-state index in [1.807, 2.05) is 20.0 Å². The maximum atomic E-state index is 11.8. The van der Waals surface area contributed by atoms with Crippen LogP contribution in [0.15, 0.2) is 29.3 Å². The molecule has 0 radical (unpaired) electrons. The number of carbonyl (C=O) groups excluding carboxylic acids is 1. The zero-order valence-corrected chi connectivity index (χ0v) is 10.6. The molecule has 16 heavy (non-hydrogen) atoms. The first kappa shape index (κ1) is 11.1. The highest BCUT2D eigenvalue weighted by Crippen LogP contribution is 2.21.